The van der Waals surface area contributed by atoms with Crippen LogP contribution >= 0.6 is 15.9 Å². The molecule has 0 aromatic carbocycles. The van der Waals surface area contributed by atoms with E-state index in [2.05, 4.69) is 35.9 Å². The van der Waals surface area contributed by atoms with Crippen LogP contribution in [-0.4, -0.2) is 17.4 Å². The quantitative estimate of drug-likeness (QED) is 0.0620. The molecule has 0 aliphatic rings. The molecule has 0 saturated heterocycles. The first-order valence-electron chi connectivity index (χ1n) is 13.1. The third kappa shape index (κ3) is 24.0. The van der Waals surface area contributed by atoms with E-state index < -0.39 is 0 Å². The summed E-state index contributed by atoms with van der Waals surface area (Å²) in [5.74, 6) is -0.0394. The van der Waals surface area contributed by atoms with E-state index in [0.29, 0.717) is 17.9 Å². The average molecular weight is 488 g/mol. The zero-order valence-electron chi connectivity index (χ0n) is 20.3. The lowest BCUT2D eigenvalue weighted by Gasteiger charge is -2.09. The van der Waals surface area contributed by atoms with Gasteiger partial charge in [-0.2, -0.15) is 0 Å². The van der Waals surface area contributed by atoms with Crippen molar-refractivity contribution in [1.29, 1.82) is 0 Å². The van der Waals surface area contributed by atoms with Gasteiger partial charge in [-0.1, -0.05) is 132 Å². The van der Waals surface area contributed by atoms with Crippen molar-refractivity contribution in [3.63, 3.8) is 0 Å². The fourth-order valence-electron chi connectivity index (χ4n) is 3.72. The molecular weight excluding hydrogens is 436 g/mol. The van der Waals surface area contributed by atoms with Gasteiger partial charge < -0.3 is 4.74 Å². The number of carbonyl (C=O) groups excluding carboxylic acids is 1. The van der Waals surface area contributed by atoms with E-state index >= 15 is 0 Å². The van der Waals surface area contributed by atoms with Crippen molar-refractivity contribution in [3.05, 3.63) is 12.2 Å². The highest BCUT2D eigenvalue weighted by atomic mass is 79.9. The van der Waals surface area contributed by atoms with Gasteiger partial charge in [-0.05, 0) is 32.1 Å². The monoisotopic (exact) mass is 486 g/mol. The summed E-state index contributed by atoms with van der Waals surface area (Å²) in [6.07, 6.45) is 29.3. The molecule has 0 radical (unpaired) electrons. The summed E-state index contributed by atoms with van der Waals surface area (Å²) < 4.78 is 5.27. The highest BCUT2D eigenvalue weighted by Crippen LogP contribution is 2.19. The van der Waals surface area contributed by atoms with E-state index in [9.17, 15) is 4.79 Å². The van der Waals surface area contributed by atoms with Crippen molar-refractivity contribution in [1.82, 2.24) is 0 Å². The summed E-state index contributed by atoms with van der Waals surface area (Å²) >= 11 is 3.86. The molecule has 3 heteroatoms. The highest BCUT2D eigenvalue weighted by Gasteiger charge is 2.04. The Kier molecular flexibility index (Phi) is 24.7. The number of alkyl halides is 1. The van der Waals surface area contributed by atoms with Crippen molar-refractivity contribution in [2.45, 2.75) is 147 Å². The molecule has 0 fully saturated rings. The third-order valence-corrected chi connectivity index (χ3v) is 6.67. The maximum atomic E-state index is 11.7. The van der Waals surface area contributed by atoms with Crippen LogP contribution in [0.15, 0.2) is 12.2 Å². The zero-order chi connectivity index (χ0) is 22.1. The molecule has 1 unspecified atom stereocenters. The molecule has 0 aromatic heterocycles. The van der Waals surface area contributed by atoms with Crippen molar-refractivity contribution < 1.29 is 9.53 Å². The molecule has 0 spiro atoms. The predicted octanol–water partition coefficient (Wildman–Crippen LogP) is 9.69. The molecule has 0 heterocycles. The van der Waals surface area contributed by atoms with Gasteiger partial charge in [-0.25, -0.2) is 0 Å². The van der Waals surface area contributed by atoms with Gasteiger partial charge in [0, 0.05) is 11.2 Å². The van der Waals surface area contributed by atoms with Crippen molar-refractivity contribution in [3.8, 4) is 0 Å². The lowest BCUT2D eigenvalue weighted by atomic mass is 10.0. The minimum Gasteiger partial charge on any atom is -0.461 e. The molecule has 30 heavy (non-hydrogen) atoms. The summed E-state index contributed by atoms with van der Waals surface area (Å²) in [5, 5.41) is 0. The highest BCUT2D eigenvalue weighted by molar-refractivity contribution is 9.09. The molecule has 0 N–H and O–H groups in total. The van der Waals surface area contributed by atoms with Gasteiger partial charge in [0.25, 0.3) is 0 Å². The van der Waals surface area contributed by atoms with Gasteiger partial charge >= 0.3 is 5.97 Å². The SMILES string of the molecule is CCCCCC/C=C\COC(=O)CCCCCCCCC(Br)CCCCCCCC. The number of rotatable bonds is 23. The molecule has 1 atom stereocenters. The Morgan fingerprint density at radius 3 is 1.80 bits per heavy atom. The fraction of sp³-hybridized carbons (Fsp3) is 0.889. The third-order valence-electron chi connectivity index (χ3n) is 5.75. The number of esters is 1. The van der Waals surface area contributed by atoms with E-state index in [0.717, 1.165) is 19.3 Å². The first-order chi connectivity index (χ1) is 14.7. The number of carbonyl (C=O) groups is 1. The topological polar surface area (TPSA) is 26.3 Å². The van der Waals surface area contributed by atoms with Crippen LogP contribution in [0.25, 0.3) is 0 Å². The first kappa shape index (κ1) is 29.7. The molecule has 0 saturated carbocycles. The second kappa shape index (κ2) is 25.0. The van der Waals surface area contributed by atoms with Gasteiger partial charge in [0.15, 0.2) is 0 Å². The smallest absolute Gasteiger partial charge is 0.306 e. The van der Waals surface area contributed by atoms with Gasteiger partial charge in [0.05, 0.1) is 0 Å². The molecule has 0 aliphatic carbocycles. The zero-order valence-corrected chi connectivity index (χ0v) is 21.9. The van der Waals surface area contributed by atoms with Crippen LogP contribution in [0.3, 0.4) is 0 Å². The van der Waals surface area contributed by atoms with E-state index in [1.165, 1.54) is 103 Å². The summed E-state index contributed by atoms with van der Waals surface area (Å²) in [4.78, 5) is 12.4. The van der Waals surface area contributed by atoms with Crippen LogP contribution in [0.5, 0.6) is 0 Å². The molecule has 0 aliphatic heterocycles. The molecule has 0 aromatic rings. The van der Waals surface area contributed by atoms with Gasteiger partial charge in [0.1, 0.15) is 6.61 Å². The molecule has 0 amide bonds. The van der Waals surface area contributed by atoms with Crippen LogP contribution in [0.2, 0.25) is 0 Å². The van der Waals surface area contributed by atoms with Gasteiger partial charge in [-0.3, -0.25) is 4.79 Å². The van der Waals surface area contributed by atoms with E-state index in [1.54, 1.807) is 0 Å². The second-order valence-electron chi connectivity index (χ2n) is 8.82. The predicted molar refractivity (Wildman–Crippen MR) is 137 cm³/mol. The maximum absolute atomic E-state index is 11.7. The average Bonchev–Trinajstić information content (AvgIpc) is 2.74. The van der Waals surface area contributed by atoms with Gasteiger partial charge in [-0.15, -0.1) is 0 Å². The maximum Gasteiger partial charge on any atom is 0.306 e. The normalized spacial score (nSPS) is 12.5. The largest absolute Gasteiger partial charge is 0.461 e. The number of ether oxygens (including phenoxy) is 1. The molecule has 0 bridgehead atoms. The van der Waals surface area contributed by atoms with Crippen LogP contribution < -0.4 is 0 Å². The van der Waals surface area contributed by atoms with Gasteiger partial charge in [0.2, 0.25) is 0 Å². The molecule has 2 nitrogen and oxygen atoms in total. The first-order valence-corrected chi connectivity index (χ1v) is 14.1. The summed E-state index contributed by atoms with van der Waals surface area (Å²) in [7, 11) is 0. The van der Waals surface area contributed by atoms with Crippen molar-refractivity contribution in [2.24, 2.45) is 0 Å². The van der Waals surface area contributed by atoms with E-state index in [1.807, 2.05) is 6.08 Å². The standard InChI is InChI=1S/C27H51BrO2/c1-3-5-7-9-13-17-21-25-30-27(29)24-20-16-12-11-15-19-23-26(28)22-18-14-10-8-6-4-2/h17,21,26H,3-16,18-20,22-25H2,1-2H3/b21-17-. The second-order valence-corrected chi connectivity index (χ2v) is 10.1. The number of unbranched alkanes of at least 4 members (excludes halogenated alkanes) is 14. The number of allylic oxidation sites excluding steroid dienone is 1. The Morgan fingerprint density at radius 1 is 0.700 bits per heavy atom. The van der Waals surface area contributed by atoms with E-state index in [4.69, 9.17) is 4.74 Å². The molecule has 178 valence electrons. The Balaban J connectivity index is 3.30. The molecule has 0 rings (SSSR count). The number of halogens is 1. The van der Waals surface area contributed by atoms with E-state index in [-0.39, 0.29) is 5.97 Å². The van der Waals surface area contributed by atoms with Crippen LogP contribution in [0.4, 0.5) is 0 Å². The summed E-state index contributed by atoms with van der Waals surface area (Å²) in [6.45, 7) is 4.95. The molecular formula is C27H51BrO2. The fourth-order valence-corrected chi connectivity index (χ4v) is 4.37. The Morgan fingerprint density at radius 2 is 1.20 bits per heavy atom. The lowest BCUT2D eigenvalue weighted by Crippen LogP contribution is -2.04. The lowest BCUT2D eigenvalue weighted by molar-refractivity contribution is -0.142. The summed E-state index contributed by atoms with van der Waals surface area (Å²) in [6, 6.07) is 0. The van der Waals surface area contributed by atoms with Crippen molar-refractivity contribution >= 4 is 21.9 Å². The Hall–Kier alpha value is -0.310. The number of hydrogen-bond donors (Lipinski definition) is 0. The summed E-state index contributed by atoms with van der Waals surface area (Å²) in [5.41, 5.74) is 0. The minimum absolute atomic E-state index is 0.0394. The van der Waals surface area contributed by atoms with Crippen LogP contribution in [0.1, 0.15) is 142 Å². The van der Waals surface area contributed by atoms with Crippen LogP contribution in [-0.2, 0) is 9.53 Å². The minimum atomic E-state index is -0.0394. The number of hydrogen-bond acceptors (Lipinski definition) is 2. The Labute approximate surface area is 197 Å². The van der Waals surface area contributed by atoms with Crippen molar-refractivity contribution in [2.75, 3.05) is 6.61 Å². The Bertz CT molecular complexity index is 381. The van der Waals surface area contributed by atoms with Crippen LogP contribution in [0, 0.1) is 0 Å².